The average Bonchev–Trinajstić information content (AvgIpc) is 3.24. The maximum absolute atomic E-state index is 11.9. The molecule has 0 bridgehead atoms. The molecule has 0 fully saturated rings. The monoisotopic (exact) mass is 362 g/mol. The Bertz CT molecular complexity index is 785. The Morgan fingerprint density at radius 3 is 2.88 bits per heavy atom. The summed E-state index contributed by atoms with van der Waals surface area (Å²) >= 11 is 7.30. The Kier molecular flexibility index (Phi) is 5.51. The van der Waals surface area contributed by atoms with Crippen molar-refractivity contribution in [2.24, 2.45) is 0 Å². The minimum absolute atomic E-state index is 0.0955. The van der Waals surface area contributed by atoms with Gasteiger partial charge in [0.1, 0.15) is 23.1 Å². The van der Waals surface area contributed by atoms with Crippen LogP contribution in [-0.2, 0) is 24.4 Å². The highest BCUT2D eigenvalue weighted by Crippen LogP contribution is 2.18. The number of nitrogens with one attached hydrogen (secondary N) is 1. The van der Waals surface area contributed by atoms with Gasteiger partial charge in [-0.15, -0.1) is 11.3 Å². The molecule has 5 nitrogen and oxygen atoms in total. The Balaban J connectivity index is 1.46. The summed E-state index contributed by atoms with van der Waals surface area (Å²) in [7, 11) is 0. The van der Waals surface area contributed by atoms with Crippen LogP contribution in [0.5, 0.6) is 5.75 Å². The molecule has 0 radical (unpaired) electrons. The van der Waals surface area contributed by atoms with E-state index in [1.54, 1.807) is 36.6 Å². The number of furan rings is 1. The third-order valence-electron chi connectivity index (χ3n) is 3.16. The fraction of sp³-hybridized carbons (Fsp3) is 0.176. The number of ether oxygens (including phenoxy) is 1. The number of carbonyl (C=O) groups excluding carboxylic acids is 1. The molecule has 0 unspecified atom stereocenters. The van der Waals surface area contributed by atoms with Gasteiger partial charge in [0.25, 0.3) is 0 Å². The summed E-state index contributed by atoms with van der Waals surface area (Å²) in [5.74, 6) is 1.35. The summed E-state index contributed by atoms with van der Waals surface area (Å²) in [6, 6.07) is 10.8. The maximum Gasteiger partial charge on any atom is 0.226 e. The van der Waals surface area contributed by atoms with E-state index in [0.717, 1.165) is 22.2 Å². The van der Waals surface area contributed by atoms with Gasteiger partial charge in [0.15, 0.2) is 0 Å². The van der Waals surface area contributed by atoms with Crippen LogP contribution in [0.1, 0.15) is 16.5 Å². The molecule has 2 heterocycles. The second kappa shape index (κ2) is 7.99. The number of halogens is 1. The summed E-state index contributed by atoms with van der Waals surface area (Å²) in [4.78, 5) is 16.3. The molecule has 0 atom stereocenters. The molecule has 2 aromatic heterocycles. The summed E-state index contributed by atoms with van der Waals surface area (Å²) in [5, 5.41) is 6.15. The van der Waals surface area contributed by atoms with Crippen molar-refractivity contribution < 1.29 is 13.9 Å². The van der Waals surface area contributed by atoms with Crippen molar-refractivity contribution in [3.63, 3.8) is 0 Å². The molecule has 1 aromatic carbocycles. The number of hydrogen-bond acceptors (Lipinski definition) is 5. The van der Waals surface area contributed by atoms with Crippen LogP contribution in [0.3, 0.4) is 0 Å². The fourth-order valence-electron chi connectivity index (χ4n) is 2.00. The Morgan fingerprint density at radius 2 is 2.12 bits per heavy atom. The molecule has 0 spiro atoms. The van der Waals surface area contributed by atoms with Gasteiger partial charge in [-0.1, -0.05) is 11.6 Å². The third kappa shape index (κ3) is 4.84. The molecule has 24 heavy (non-hydrogen) atoms. The standard InChI is InChI=1S/C17H15ClN2O3S/c18-12-3-5-14(6-4-12)23-10-17-20-13(11-24-17)8-16(21)19-9-15-2-1-7-22-15/h1-7,11H,8-10H2,(H,19,21). The summed E-state index contributed by atoms with van der Waals surface area (Å²) in [6.07, 6.45) is 1.81. The molecule has 1 N–H and O–H groups in total. The molecule has 0 aliphatic heterocycles. The van der Waals surface area contributed by atoms with E-state index in [0.29, 0.717) is 18.2 Å². The van der Waals surface area contributed by atoms with Gasteiger partial charge in [-0.3, -0.25) is 4.79 Å². The molecular weight excluding hydrogens is 348 g/mol. The third-order valence-corrected chi connectivity index (χ3v) is 4.28. The van der Waals surface area contributed by atoms with Crippen LogP contribution in [0.15, 0.2) is 52.5 Å². The van der Waals surface area contributed by atoms with Gasteiger partial charge < -0.3 is 14.5 Å². The van der Waals surface area contributed by atoms with Gasteiger partial charge in [-0.05, 0) is 36.4 Å². The second-order valence-corrected chi connectivity index (χ2v) is 6.39. The van der Waals surface area contributed by atoms with E-state index in [9.17, 15) is 4.79 Å². The van der Waals surface area contributed by atoms with Crippen LogP contribution >= 0.6 is 22.9 Å². The number of rotatable bonds is 7. The fourth-order valence-corrected chi connectivity index (χ4v) is 2.83. The van der Waals surface area contributed by atoms with Crippen LogP contribution in [0, 0.1) is 0 Å². The largest absolute Gasteiger partial charge is 0.486 e. The van der Waals surface area contributed by atoms with Crippen molar-refractivity contribution in [3.05, 3.63) is 69.5 Å². The lowest BCUT2D eigenvalue weighted by Gasteiger charge is -2.03. The number of aromatic nitrogens is 1. The first-order chi connectivity index (χ1) is 11.7. The highest BCUT2D eigenvalue weighted by molar-refractivity contribution is 7.09. The van der Waals surface area contributed by atoms with E-state index in [2.05, 4.69) is 10.3 Å². The maximum atomic E-state index is 11.9. The van der Waals surface area contributed by atoms with Crippen molar-refractivity contribution in [1.29, 1.82) is 0 Å². The number of nitrogens with zero attached hydrogens (tertiary/aromatic N) is 1. The molecule has 1 amide bonds. The van der Waals surface area contributed by atoms with Crippen LogP contribution in [0.4, 0.5) is 0 Å². The minimum atomic E-state index is -0.0955. The van der Waals surface area contributed by atoms with E-state index in [1.807, 2.05) is 11.4 Å². The number of amides is 1. The van der Waals surface area contributed by atoms with E-state index < -0.39 is 0 Å². The van der Waals surface area contributed by atoms with E-state index >= 15 is 0 Å². The zero-order valence-corrected chi connectivity index (χ0v) is 14.3. The predicted octanol–water partition coefficient (Wildman–Crippen LogP) is 3.83. The smallest absolute Gasteiger partial charge is 0.226 e. The number of carbonyl (C=O) groups is 1. The van der Waals surface area contributed by atoms with Crippen LogP contribution in [-0.4, -0.2) is 10.9 Å². The molecule has 3 aromatic rings. The Labute approximate surface area is 148 Å². The van der Waals surface area contributed by atoms with Gasteiger partial charge in [0.2, 0.25) is 5.91 Å². The normalized spacial score (nSPS) is 10.5. The van der Waals surface area contributed by atoms with Gasteiger partial charge >= 0.3 is 0 Å². The Hall–Kier alpha value is -2.31. The summed E-state index contributed by atoms with van der Waals surface area (Å²) < 4.78 is 10.8. The highest BCUT2D eigenvalue weighted by Gasteiger charge is 2.09. The zero-order valence-electron chi connectivity index (χ0n) is 12.7. The summed E-state index contributed by atoms with van der Waals surface area (Å²) in [5.41, 5.74) is 0.728. The number of benzene rings is 1. The van der Waals surface area contributed by atoms with E-state index in [1.165, 1.54) is 11.3 Å². The quantitative estimate of drug-likeness (QED) is 0.693. The average molecular weight is 363 g/mol. The first-order valence-electron chi connectivity index (χ1n) is 7.30. The first-order valence-corrected chi connectivity index (χ1v) is 8.55. The lowest BCUT2D eigenvalue weighted by Crippen LogP contribution is -2.24. The SMILES string of the molecule is O=C(Cc1csc(COc2ccc(Cl)cc2)n1)NCc1ccco1. The van der Waals surface area contributed by atoms with E-state index in [-0.39, 0.29) is 12.3 Å². The van der Waals surface area contributed by atoms with Crippen molar-refractivity contribution in [1.82, 2.24) is 10.3 Å². The van der Waals surface area contributed by atoms with Crippen LogP contribution in [0.2, 0.25) is 5.02 Å². The van der Waals surface area contributed by atoms with Gasteiger partial charge in [0.05, 0.1) is 24.9 Å². The van der Waals surface area contributed by atoms with Gasteiger partial charge in [0, 0.05) is 10.4 Å². The van der Waals surface area contributed by atoms with Crippen LogP contribution in [0.25, 0.3) is 0 Å². The molecule has 0 saturated heterocycles. The first kappa shape index (κ1) is 16.5. The minimum Gasteiger partial charge on any atom is -0.486 e. The topological polar surface area (TPSA) is 64.4 Å². The van der Waals surface area contributed by atoms with Gasteiger partial charge in [-0.25, -0.2) is 4.98 Å². The molecule has 0 aliphatic rings. The van der Waals surface area contributed by atoms with Crippen molar-refractivity contribution in [2.75, 3.05) is 0 Å². The van der Waals surface area contributed by atoms with Crippen LogP contribution < -0.4 is 10.1 Å². The Morgan fingerprint density at radius 1 is 1.29 bits per heavy atom. The van der Waals surface area contributed by atoms with Crippen molar-refractivity contribution >= 4 is 28.8 Å². The molecule has 3 rings (SSSR count). The second-order valence-electron chi connectivity index (χ2n) is 5.01. The molecular formula is C17H15ClN2O3S. The number of thiazole rings is 1. The zero-order chi connectivity index (χ0) is 16.8. The molecule has 7 heteroatoms. The van der Waals surface area contributed by atoms with E-state index in [4.69, 9.17) is 20.8 Å². The molecule has 0 aliphatic carbocycles. The van der Waals surface area contributed by atoms with Crippen molar-refractivity contribution in [2.45, 2.75) is 19.6 Å². The lowest BCUT2D eigenvalue weighted by atomic mass is 10.3. The van der Waals surface area contributed by atoms with Gasteiger partial charge in [-0.2, -0.15) is 0 Å². The predicted molar refractivity (Wildman–Crippen MR) is 92.2 cm³/mol. The number of hydrogen-bond donors (Lipinski definition) is 1. The lowest BCUT2D eigenvalue weighted by molar-refractivity contribution is -0.120. The molecule has 0 saturated carbocycles. The summed E-state index contributed by atoms with van der Waals surface area (Å²) in [6.45, 7) is 0.739. The van der Waals surface area contributed by atoms with Crippen molar-refractivity contribution in [3.8, 4) is 5.75 Å². The highest BCUT2D eigenvalue weighted by atomic mass is 35.5. The molecule has 124 valence electrons.